The van der Waals surface area contributed by atoms with Gasteiger partial charge in [-0.1, -0.05) is 25.2 Å². The van der Waals surface area contributed by atoms with Crippen molar-refractivity contribution in [1.82, 2.24) is 4.98 Å². The molecule has 1 heterocycles. The van der Waals surface area contributed by atoms with Gasteiger partial charge in [-0.2, -0.15) is 0 Å². The maximum atomic E-state index is 11.2. The van der Waals surface area contributed by atoms with Crippen LogP contribution in [-0.2, 0) is 4.74 Å². The van der Waals surface area contributed by atoms with Crippen molar-refractivity contribution in [2.45, 2.75) is 26.2 Å². The van der Waals surface area contributed by atoms with E-state index in [2.05, 4.69) is 4.98 Å². The molecule has 0 aromatic carbocycles. The number of anilines is 1. The summed E-state index contributed by atoms with van der Waals surface area (Å²) in [5, 5.41) is 9.91. The van der Waals surface area contributed by atoms with E-state index in [1.54, 1.807) is 7.11 Å². The van der Waals surface area contributed by atoms with Crippen molar-refractivity contribution in [2.75, 3.05) is 32.2 Å². The van der Waals surface area contributed by atoms with Crippen LogP contribution in [0.5, 0.6) is 0 Å². The van der Waals surface area contributed by atoms with Crippen LogP contribution in [0.15, 0.2) is 0 Å². The zero-order chi connectivity index (χ0) is 13.7. The van der Waals surface area contributed by atoms with Gasteiger partial charge in [0.1, 0.15) is 4.88 Å². The summed E-state index contributed by atoms with van der Waals surface area (Å²) < 4.78 is 5.00. The molecule has 18 heavy (non-hydrogen) atoms. The van der Waals surface area contributed by atoms with Gasteiger partial charge < -0.3 is 14.7 Å². The molecule has 102 valence electrons. The zero-order valence-corrected chi connectivity index (χ0v) is 12.1. The minimum absolute atomic E-state index is 0.119. The number of carboxylic acid groups (broad SMARTS) is 1. The topological polar surface area (TPSA) is 62.7 Å². The number of methoxy groups -OCH3 is 1. The lowest BCUT2D eigenvalue weighted by molar-refractivity contribution is 0.0700. The van der Waals surface area contributed by atoms with Crippen LogP contribution in [0, 0.1) is 0 Å². The first-order valence-corrected chi connectivity index (χ1v) is 6.73. The molecule has 5 nitrogen and oxygen atoms in total. The lowest BCUT2D eigenvalue weighted by atomic mass is 10.1. The van der Waals surface area contributed by atoms with E-state index in [0.717, 1.165) is 18.1 Å². The van der Waals surface area contributed by atoms with Gasteiger partial charge in [0.25, 0.3) is 0 Å². The molecule has 0 amide bonds. The molecule has 1 N–H and O–H groups in total. The maximum Gasteiger partial charge on any atom is 0.347 e. The Bertz CT molecular complexity index is 404. The van der Waals surface area contributed by atoms with Crippen LogP contribution in [0.3, 0.4) is 0 Å². The molecule has 0 radical (unpaired) electrons. The van der Waals surface area contributed by atoms with Gasteiger partial charge in [0.15, 0.2) is 5.13 Å². The van der Waals surface area contributed by atoms with Crippen LogP contribution in [-0.4, -0.2) is 43.4 Å². The minimum atomic E-state index is -0.896. The summed E-state index contributed by atoms with van der Waals surface area (Å²) in [5.74, 6) is -0.777. The van der Waals surface area contributed by atoms with Crippen LogP contribution in [0.25, 0.3) is 0 Å². The number of ether oxygens (including phenoxy) is 1. The second-order valence-electron chi connectivity index (χ2n) is 4.44. The number of nitrogens with zero attached hydrogens (tertiary/aromatic N) is 2. The minimum Gasteiger partial charge on any atom is -0.477 e. The molecule has 0 aliphatic rings. The monoisotopic (exact) mass is 272 g/mol. The van der Waals surface area contributed by atoms with Crippen LogP contribution in [0.1, 0.15) is 41.6 Å². The largest absolute Gasteiger partial charge is 0.477 e. The number of carboxylic acids is 1. The SMILES string of the molecule is COCCCN(C)c1nc(C(C)C)c(C(=O)O)s1. The third kappa shape index (κ3) is 3.68. The highest BCUT2D eigenvalue weighted by atomic mass is 32.1. The number of thiazole rings is 1. The Hall–Kier alpha value is -1.14. The molecule has 0 bridgehead atoms. The highest BCUT2D eigenvalue weighted by Crippen LogP contribution is 2.30. The highest BCUT2D eigenvalue weighted by Gasteiger charge is 2.21. The summed E-state index contributed by atoms with van der Waals surface area (Å²) >= 11 is 1.24. The van der Waals surface area contributed by atoms with Gasteiger partial charge in [0.05, 0.1) is 5.69 Å². The van der Waals surface area contributed by atoms with Gasteiger partial charge >= 0.3 is 5.97 Å². The van der Waals surface area contributed by atoms with Crippen LogP contribution in [0.4, 0.5) is 5.13 Å². The molecule has 1 rings (SSSR count). The van der Waals surface area contributed by atoms with Crippen LogP contribution in [0.2, 0.25) is 0 Å². The van der Waals surface area contributed by atoms with Crippen molar-refractivity contribution < 1.29 is 14.6 Å². The third-order valence-corrected chi connectivity index (χ3v) is 3.73. The fourth-order valence-electron chi connectivity index (χ4n) is 1.57. The van der Waals surface area contributed by atoms with Gasteiger partial charge in [-0.15, -0.1) is 0 Å². The second-order valence-corrected chi connectivity index (χ2v) is 5.42. The van der Waals surface area contributed by atoms with E-state index >= 15 is 0 Å². The summed E-state index contributed by atoms with van der Waals surface area (Å²) in [5.41, 5.74) is 0.668. The Kier molecular flexibility index (Phi) is 5.55. The number of aromatic nitrogens is 1. The van der Waals surface area contributed by atoms with Crippen LogP contribution < -0.4 is 4.90 Å². The Balaban J connectivity index is 2.83. The molecule has 0 atom stereocenters. The zero-order valence-electron chi connectivity index (χ0n) is 11.3. The predicted octanol–water partition coefficient (Wildman–Crippen LogP) is 2.44. The molecule has 0 saturated heterocycles. The normalized spacial score (nSPS) is 10.9. The maximum absolute atomic E-state index is 11.2. The fourth-order valence-corrected chi connectivity index (χ4v) is 2.62. The van der Waals surface area contributed by atoms with Gasteiger partial charge in [-0.25, -0.2) is 9.78 Å². The van der Waals surface area contributed by atoms with Crippen molar-refractivity contribution in [1.29, 1.82) is 0 Å². The Morgan fingerprint density at radius 3 is 2.67 bits per heavy atom. The molecule has 0 aliphatic heterocycles. The fraction of sp³-hybridized carbons (Fsp3) is 0.667. The van der Waals surface area contributed by atoms with Gasteiger partial charge in [-0.3, -0.25) is 0 Å². The summed E-state index contributed by atoms with van der Waals surface area (Å²) in [6.45, 7) is 5.41. The molecule has 0 fully saturated rings. The molecular weight excluding hydrogens is 252 g/mol. The first-order valence-electron chi connectivity index (χ1n) is 5.91. The van der Waals surface area contributed by atoms with Crippen molar-refractivity contribution in [3.63, 3.8) is 0 Å². The third-order valence-electron chi connectivity index (χ3n) is 2.55. The standard InChI is InChI=1S/C12H20N2O3S/c1-8(2)9-10(11(15)16)18-12(13-9)14(3)6-5-7-17-4/h8H,5-7H2,1-4H3,(H,15,16). The van der Waals surface area contributed by atoms with Gasteiger partial charge in [-0.05, 0) is 12.3 Å². The lowest BCUT2D eigenvalue weighted by Gasteiger charge is -2.14. The summed E-state index contributed by atoms with van der Waals surface area (Å²) in [7, 11) is 3.59. The Labute approximate surface area is 111 Å². The smallest absolute Gasteiger partial charge is 0.347 e. The molecule has 6 heteroatoms. The molecular formula is C12H20N2O3S. The van der Waals surface area contributed by atoms with E-state index in [0.29, 0.717) is 17.2 Å². The number of hydrogen-bond acceptors (Lipinski definition) is 5. The first-order chi connectivity index (χ1) is 8.47. The van der Waals surface area contributed by atoms with E-state index in [1.807, 2.05) is 25.8 Å². The van der Waals surface area contributed by atoms with E-state index < -0.39 is 5.97 Å². The molecule has 1 aromatic heterocycles. The molecule has 0 aliphatic carbocycles. The quantitative estimate of drug-likeness (QED) is 0.772. The van der Waals surface area contributed by atoms with Gasteiger partial charge in [0, 0.05) is 27.3 Å². The van der Waals surface area contributed by atoms with E-state index in [-0.39, 0.29) is 5.92 Å². The predicted molar refractivity (Wildman–Crippen MR) is 72.9 cm³/mol. The van der Waals surface area contributed by atoms with E-state index in [4.69, 9.17) is 9.84 Å². The van der Waals surface area contributed by atoms with Crippen molar-refractivity contribution in [2.24, 2.45) is 0 Å². The van der Waals surface area contributed by atoms with Crippen molar-refractivity contribution >= 4 is 22.4 Å². The number of aromatic carboxylic acids is 1. The number of rotatable bonds is 7. The molecule has 0 unspecified atom stereocenters. The number of hydrogen-bond donors (Lipinski definition) is 1. The molecule has 0 saturated carbocycles. The van der Waals surface area contributed by atoms with Crippen LogP contribution >= 0.6 is 11.3 Å². The summed E-state index contributed by atoms with van der Waals surface area (Å²) in [6.07, 6.45) is 0.895. The van der Waals surface area contributed by atoms with E-state index in [9.17, 15) is 4.79 Å². The van der Waals surface area contributed by atoms with Crippen molar-refractivity contribution in [3.8, 4) is 0 Å². The van der Waals surface area contributed by atoms with Gasteiger partial charge in [0.2, 0.25) is 0 Å². The number of carbonyl (C=O) groups is 1. The molecule has 0 spiro atoms. The molecule has 1 aromatic rings. The second kappa shape index (κ2) is 6.70. The Morgan fingerprint density at radius 2 is 2.22 bits per heavy atom. The average molecular weight is 272 g/mol. The lowest BCUT2D eigenvalue weighted by Crippen LogP contribution is -2.19. The first kappa shape index (κ1) is 14.9. The van der Waals surface area contributed by atoms with Crippen molar-refractivity contribution in [3.05, 3.63) is 10.6 Å². The Morgan fingerprint density at radius 1 is 1.56 bits per heavy atom. The highest BCUT2D eigenvalue weighted by molar-refractivity contribution is 7.17. The summed E-state index contributed by atoms with van der Waals surface area (Å²) in [4.78, 5) is 17.9. The van der Waals surface area contributed by atoms with E-state index in [1.165, 1.54) is 11.3 Å². The summed E-state index contributed by atoms with van der Waals surface area (Å²) in [6, 6.07) is 0. The average Bonchev–Trinajstić information content (AvgIpc) is 2.74.